The number of amides is 1. The standard InChI is InChI=1S/C15H22N2O3S/c1-11-13(21-12(2)16-11)14(18)17-5-8-20-10-15(9-17)3-6-19-7-4-15/h3-10H2,1-2H3. The number of ether oxygens (including phenoxy) is 2. The van der Waals surface area contributed by atoms with E-state index in [1.165, 1.54) is 11.3 Å². The summed E-state index contributed by atoms with van der Waals surface area (Å²) in [5.74, 6) is 0.106. The number of rotatable bonds is 1. The number of hydrogen-bond donors (Lipinski definition) is 0. The molecule has 0 N–H and O–H groups in total. The molecule has 0 bridgehead atoms. The fourth-order valence-corrected chi connectivity index (χ4v) is 4.03. The number of carbonyl (C=O) groups excluding carboxylic acids is 1. The van der Waals surface area contributed by atoms with Gasteiger partial charge in [-0.15, -0.1) is 11.3 Å². The molecular formula is C15H22N2O3S. The van der Waals surface area contributed by atoms with E-state index in [4.69, 9.17) is 9.47 Å². The summed E-state index contributed by atoms with van der Waals surface area (Å²) in [6.45, 7) is 8.18. The molecule has 0 unspecified atom stereocenters. The molecule has 2 saturated heterocycles. The average molecular weight is 310 g/mol. The predicted octanol–water partition coefficient (Wildman–Crippen LogP) is 2.03. The van der Waals surface area contributed by atoms with Gasteiger partial charge in [-0.05, 0) is 26.7 Å². The third-order valence-electron chi connectivity index (χ3n) is 4.38. The molecule has 0 radical (unpaired) electrons. The maximum Gasteiger partial charge on any atom is 0.265 e. The number of aromatic nitrogens is 1. The second-order valence-corrected chi connectivity index (χ2v) is 7.24. The molecule has 3 heterocycles. The molecule has 0 aromatic carbocycles. The molecule has 0 atom stereocenters. The molecular weight excluding hydrogens is 288 g/mol. The minimum absolute atomic E-state index is 0.0675. The SMILES string of the molecule is Cc1nc(C)c(C(=O)N2CCOCC3(CCOCC3)C2)s1. The molecule has 1 aromatic rings. The van der Waals surface area contributed by atoms with Crippen LogP contribution in [0.3, 0.4) is 0 Å². The zero-order valence-corrected chi connectivity index (χ0v) is 13.5. The number of carbonyl (C=O) groups is 1. The lowest BCUT2D eigenvalue weighted by atomic mass is 9.80. The molecule has 21 heavy (non-hydrogen) atoms. The van der Waals surface area contributed by atoms with Crippen LogP contribution in [-0.2, 0) is 9.47 Å². The van der Waals surface area contributed by atoms with E-state index in [1.54, 1.807) is 0 Å². The van der Waals surface area contributed by atoms with Crippen LogP contribution < -0.4 is 0 Å². The first-order chi connectivity index (χ1) is 10.1. The van der Waals surface area contributed by atoms with Gasteiger partial charge < -0.3 is 14.4 Å². The fraction of sp³-hybridized carbons (Fsp3) is 0.733. The van der Waals surface area contributed by atoms with Crippen molar-refractivity contribution in [2.24, 2.45) is 5.41 Å². The first-order valence-corrected chi connectivity index (χ1v) is 8.30. The summed E-state index contributed by atoms with van der Waals surface area (Å²) >= 11 is 1.49. The number of thiazole rings is 1. The Morgan fingerprint density at radius 2 is 2.00 bits per heavy atom. The highest BCUT2D eigenvalue weighted by Crippen LogP contribution is 2.34. The third-order valence-corrected chi connectivity index (χ3v) is 5.44. The molecule has 1 spiro atoms. The van der Waals surface area contributed by atoms with E-state index in [-0.39, 0.29) is 11.3 Å². The molecule has 1 amide bonds. The summed E-state index contributed by atoms with van der Waals surface area (Å²) in [5, 5.41) is 0.947. The number of nitrogens with zero attached hydrogens (tertiary/aromatic N) is 2. The van der Waals surface area contributed by atoms with Crippen LogP contribution in [0.5, 0.6) is 0 Å². The van der Waals surface area contributed by atoms with Crippen molar-refractivity contribution >= 4 is 17.2 Å². The smallest absolute Gasteiger partial charge is 0.265 e. The van der Waals surface area contributed by atoms with Gasteiger partial charge in [-0.3, -0.25) is 4.79 Å². The molecule has 0 saturated carbocycles. The molecule has 6 heteroatoms. The molecule has 3 rings (SSSR count). The Kier molecular flexibility index (Phi) is 4.28. The van der Waals surface area contributed by atoms with Gasteiger partial charge in [0.05, 0.1) is 23.9 Å². The van der Waals surface area contributed by atoms with Crippen molar-refractivity contribution in [3.63, 3.8) is 0 Å². The van der Waals surface area contributed by atoms with Crippen LogP contribution >= 0.6 is 11.3 Å². The van der Waals surface area contributed by atoms with Gasteiger partial charge >= 0.3 is 0 Å². The van der Waals surface area contributed by atoms with Crippen LogP contribution in [-0.4, -0.2) is 55.3 Å². The first kappa shape index (κ1) is 14.9. The van der Waals surface area contributed by atoms with Crippen molar-refractivity contribution in [3.8, 4) is 0 Å². The van der Waals surface area contributed by atoms with Gasteiger partial charge in [0.15, 0.2) is 0 Å². The van der Waals surface area contributed by atoms with E-state index in [2.05, 4.69) is 4.98 Å². The Labute approximate surface area is 129 Å². The lowest BCUT2D eigenvalue weighted by Gasteiger charge is -2.38. The Balaban J connectivity index is 1.80. The highest BCUT2D eigenvalue weighted by atomic mass is 32.1. The van der Waals surface area contributed by atoms with E-state index in [0.717, 1.165) is 54.8 Å². The van der Waals surface area contributed by atoms with Crippen molar-refractivity contribution in [3.05, 3.63) is 15.6 Å². The van der Waals surface area contributed by atoms with Crippen LogP contribution in [0.15, 0.2) is 0 Å². The van der Waals surface area contributed by atoms with E-state index in [9.17, 15) is 4.79 Å². The van der Waals surface area contributed by atoms with Gasteiger partial charge in [0.25, 0.3) is 5.91 Å². The van der Waals surface area contributed by atoms with Crippen molar-refractivity contribution in [1.82, 2.24) is 9.88 Å². The Morgan fingerprint density at radius 3 is 2.67 bits per heavy atom. The van der Waals surface area contributed by atoms with Gasteiger partial charge in [-0.1, -0.05) is 0 Å². The minimum Gasteiger partial charge on any atom is -0.381 e. The summed E-state index contributed by atoms with van der Waals surface area (Å²) in [6.07, 6.45) is 1.94. The molecule has 2 aliphatic heterocycles. The first-order valence-electron chi connectivity index (χ1n) is 7.48. The van der Waals surface area contributed by atoms with Gasteiger partial charge in [-0.25, -0.2) is 4.98 Å². The fourth-order valence-electron chi connectivity index (χ4n) is 3.15. The maximum absolute atomic E-state index is 12.8. The lowest BCUT2D eigenvalue weighted by Crippen LogP contribution is -2.44. The Morgan fingerprint density at radius 1 is 1.24 bits per heavy atom. The second-order valence-electron chi connectivity index (χ2n) is 6.04. The summed E-state index contributed by atoms with van der Waals surface area (Å²) in [7, 11) is 0. The lowest BCUT2D eigenvalue weighted by molar-refractivity contribution is -0.0304. The molecule has 2 aliphatic rings. The average Bonchev–Trinajstić information content (AvgIpc) is 2.69. The largest absolute Gasteiger partial charge is 0.381 e. The van der Waals surface area contributed by atoms with Crippen LogP contribution in [0.1, 0.15) is 33.2 Å². The highest BCUT2D eigenvalue weighted by molar-refractivity contribution is 7.13. The quantitative estimate of drug-likeness (QED) is 0.796. The summed E-state index contributed by atoms with van der Waals surface area (Å²) in [6, 6.07) is 0. The predicted molar refractivity (Wildman–Crippen MR) is 80.8 cm³/mol. The van der Waals surface area contributed by atoms with Crippen LogP contribution in [0.2, 0.25) is 0 Å². The zero-order valence-electron chi connectivity index (χ0n) is 12.7. The van der Waals surface area contributed by atoms with Gasteiger partial charge in [0, 0.05) is 31.7 Å². The number of hydrogen-bond acceptors (Lipinski definition) is 5. The highest BCUT2D eigenvalue weighted by Gasteiger charge is 2.38. The molecule has 116 valence electrons. The van der Waals surface area contributed by atoms with Crippen LogP contribution in [0.25, 0.3) is 0 Å². The minimum atomic E-state index is 0.0675. The normalized spacial score (nSPS) is 22.3. The monoisotopic (exact) mass is 310 g/mol. The van der Waals surface area contributed by atoms with E-state index in [0.29, 0.717) is 13.2 Å². The van der Waals surface area contributed by atoms with Gasteiger partial charge in [0.1, 0.15) is 4.88 Å². The zero-order chi connectivity index (χ0) is 14.9. The van der Waals surface area contributed by atoms with Crippen molar-refractivity contribution in [1.29, 1.82) is 0 Å². The van der Waals surface area contributed by atoms with Crippen LogP contribution in [0.4, 0.5) is 0 Å². The molecule has 5 nitrogen and oxygen atoms in total. The topological polar surface area (TPSA) is 51.7 Å². The molecule has 2 fully saturated rings. The van der Waals surface area contributed by atoms with Gasteiger partial charge in [-0.2, -0.15) is 0 Å². The Hall–Kier alpha value is -0.980. The van der Waals surface area contributed by atoms with E-state index in [1.807, 2.05) is 18.7 Å². The maximum atomic E-state index is 12.8. The summed E-state index contributed by atoms with van der Waals surface area (Å²) in [5.41, 5.74) is 0.909. The molecule has 0 aliphatic carbocycles. The van der Waals surface area contributed by atoms with Crippen molar-refractivity contribution in [2.45, 2.75) is 26.7 Å². The Bertz CT molecular complexity index is 523. The van der Waals surface area contributed by atoms with Gasteiger partial charge in [0.2, 0.25) is 0 Å². The summed E-state index contributed by atoms with van der Waals surface area (Å²) in [4.78, 5) is 19.9. The van der Waals surface area contributed by atoms with Crippen molar-refractivity contribution in [2.75, 3.05) is 39.5 Å². The van der Waals surface area contributed by atoms with Crippen molar-refractivity contribution < 1.29 is 14.3 Å². The summed E-state index contributed by atoms with van der Waals surface area (Å²) < 4.78 is 11.3. The molecule has 1 aromatic heterocycles. The number of aryl methyl sites for hydroxylation is 2. The van der Waals surface area contributed by atoms with E-state index >= 15 is 0 Å². The second kappa shape index (κ2) is 6.02. The third kappa shape index (κ3) is 3.12. The van der Waals surface area contributed by atoms with Crippen LogP contribution in [0, 0.1) is 19.3 Å². The van der Waals surface area contributed by atoms with E-state index < -0.39 is 0 Å².